The van der Waals surface area contributed by atoms with Crippen LogP contribution in [0.2, 0.25) is 0 Å². The average molecular weight is 358 g/mol. The van der Waals surface area contributed by atoms with Crippen molar-refractivity contribution in [2.45, 2.75) is 39.0 Å². The Bertz CT molecular complexity index is 673. The molecule has 1 atom stereocenters. The molecule has 0 aliphatic rings. The van der Waals surface area contributed by atoms with Crippen molar-refractivity contribution in [3.8, 4) is 5.75 Å². The lowest BCUT2D eigenvalue weighted by Gasteiger charge is -2.18. The summed E-state index contributed by atoms with van der Waals surface area (Å²) in [5, 5.41) is 2.98. The van der Waals surface area contributed by atoms with Crippen LogP contribution in [0.3, 0.4) is 0 Å². The van der Waals surface area contributed by atoms with Crippen molar-refractivity contribution < 1.29 is 9.53 Å². The molecular weight excluding hydrogens is 330 g/mol. The zero-order valence-corrected chi connectivity index (χ0v) is 16.1. The Morgan fingerprint density at radius 3 is 2.56 bits per heavy atom. The lowest BCUT2D eigenvalue weighted by Crippen LogP contribution is -2.39. The van der Waals surface area contributed by atoms with Gasteiger partial charge in [0.2, 0.25) is 0 Å². The molecule has 0 aromatic heterocycles. The minimum atomic E-state index is -0.443. The highest BCUT2D eigenvalue weighted by atomic mass is 32.2. The normalized spacial score (nSPS) is 11.8. The summed E-state index contributed by atoms with van der Waals surface area (Å²) < 4.78 is 5.87. The lowest BCUT2D eigenvalue weighted by atomic mass is 10.1. The molecule has 0 aliphatic heterocycles. The second kappa shape index (κ2) is 10.1. The maximum absolute atomic E-state index is 12.3. The molecule has 0 saturated heterocycles. The third kappa shape index (κ3) is 6.46. The van der Waals surface area contributed by atoms with E-state index in [0.717, 1.165) is 17.3 Å². The zero-order chi connectivity index (χ0) is 18.1. The molecule has 1 N–H and O–H groups in total. The predicted octanol–water partition coefficient (Wildman–Crippen LogP) is 4.51. The summed E-state index contributed by atoms with van der Waals surface area (Å²) in [6, 6.07) is 16.3. The van der Waals surface area contributed by atoms with E-state index in [0.29, 0.717) is 13.0 Å². The molecule has 0 bridgehead atoms. The molecule has 4 heteroatoms. The van der Waals surface area contributed by atoms with Gasteiger partial charge in [-0.15, -0.1) is 0 Å². The van der Waals surface area contributed by atoms with Gasteiger partial charge in [-0.25, -0.2) is 0 Å². The van der Waals surface area contributed by atoms with Gasteiger partial charge in [0, 0.05) is 18.1 Å². The molecule has 0 unspecified atom stereocenters. The maximum atomic E-state index is 12.3. The largest absolute Gasteiger partial charge is 0.481 e. The summed E-state index contributed by atoms with van der Waals surface area (Å²) in [6.45, 7) is 6.74. The zero-order valence-electron chi connectivity index (χ0n) is 15.2. The summed E-state index contributed by atoms with van der Waals surface area (Å²) >= 11 is 1.82. The fourth-order valence-corrected chi connectivity index (χ4v) is 3.22. The van der Waals surface area contributed by atoms with E-state index in [1.54, 1.807) is 0 Å². The fourth-order valence-electron chi connectivity index (χ4n) is 2.40. The van der Waals surface area contributed by atoms with Crippen molar-refractivity contribution in [1.82, 2.24) is 5.32 Å². The number of rotatable bonds is 9. The average Bonchev–Trinajstić information content (AvgIpc) is 2.63. The number of nitrogens with one attached hydrogen (secondary N) is 1. The molecule has 0 saturated carbocycles. The lowest BCUT2D eigenvalue weighted by molar-refractivity contribution is -0.127. The quantitative estimate of drug-likeness (QED) is 0.671. The van der Waals surface area contributed by atoms with Crippen LogP contribution in [-0.2, 0) is 10.5 Å². The van der Waals surface area contributed by atoms with Crippen LogP contribution in [-0.4, -0.2) is 24.3 Å². The number of carbonyl (C=O) groups is 1. The van der Waals surface area contributed by atoms with Crippen LogP contribution in [0.4, 0.5) is 0 Å². The summed E-state index contributed by atoms with van der Waals surface area (Å²) in [7, 11) is 0. The van der Waals surface area contributed by atoms with Gasteiger partial charge in [0.15, 0.2) is 6.10 Å². The summed E-state index contributed by atoms with van der Waals surface area (Å²) in [5.74, 6) is 2.57. The second-order valence-electron chi connectivity index (χ2n) is 6.09. The number of benzene rings is 2. The summed E-state index contributed by atoms with van der Waals surface area (Å²) in [5.41, 5.74) is 3.70. The Hall–Kier alpha value is -1.94. The Kier molecular flexibility index (Phi) is 7.86. The van der Waals surface area contributed by atoms with Crippen LogP contribution in [0.1, 0.15) is 30.0 Å². The second-order valence-corrected chi connectivity index (χ2v) is 7.20. The topological polar surface area (TPSA) is 38.3 Å². The van der Waals surface area contributed by atoms with Crippen molar-refractivity contribution in [1.29, 1.82) is 0 Å². The van der Waals surface area contributed by atoms with Crippen LogP contribution in [0.15, 0.2) is 48.5 Å². The first-order valence-electron chi connectivity index (χ1n) is 8.73. The smallest absolute Gasteiger partial charge is 0.261 e. The minimum Gasteiger partial charge on any atom is -0.481 e. The van der Waals surface area contributed by atoms with Gasteiger partial charge in [-0.2, -0.15) is 11.8 Å². The number of amides is 1. The van der Waals surface area contributed by atoms with Gasteiger partial charge in [-0.05, 0) is 49.1 Å². The van der Waals surface area contributed by atoms with Crippen molar-refractivity contribution in [2.24, 2.45) is 0 Å². The highest BCUT2D eigenvalue weighted by Crippen LogP contribution is 2.18. The van der Waals surface area contributed by atoms with E-state index in [9.17, 15) is 4.79 Å². The van der Waals surface area contributed by atoms with Gasteiger partial charge in [0.25, 0.3) is 5.91 Å². The molecule has 2 aromatic carbocycles. The van der Waals surface area contributed by atoms with E-state index in [1.165, 1.54) is 16.7 Å². The first-order valence-corrected chi connectivity index (χ1v) is 9.89. The first kappa shape index (κ1) is 19.4. The molecular formula is C21H27NO2S. The van der Waals surface area contributed by atoms with Gasteiger partial charge in [0.1, 0.15) is 5.75 Å². The molecule has 2 rings (SSSR count). The van der Waals surface area contributed by atoms with E-state index in [1.807, 2.05) is 62.0 Å². The van der Waals surface area contributed by atoms with Gasteiger partial charge >= 0.3 is 0 Å². The van der Waals surface area contributed by atoms with Gasteiger partial charge in [-0.3, -0.25) is 4.79 Å². The SMILES string of the molecule is CC[C@@H](Oc1ccc(C)c(C)c1)C(=O)NCCSCc1ccccc1. The first-order chi connectivity index (χ1) is 12.1. The Morgan fingerprint density at radius 1 is 1.12 bits per heavy atom. The maximum Gasteiger partial charge on any atom is 0.261 e. The number of carbonyl (C=O) groups excluding carboxylic acids is 1. The molecule has 0 spiro atoms. The number of ether oxygens (including phenoxy) is 1. The van der Waals surface area contributed by atoms with Crippen LogP contribution in [0, 0.1) is 13.8 Å². The molecule has 0 heterocycles. The molecule has 1 amide bonds. The van der Waals surface area contributed by atoms with Crippen molar-refractivity contribution in [3.05, 3.63) is 65.2 Å². The van der Waals surface area contributed by atoms with Crippen LogP contribution in [0.5, 0.6) is 5.75 Å². The molecule has 0 fully saturated rings. The molecule has 0 aliphatic carbocycles. The monoisotopic (exact) mass is 357 g/mol. The van der Waals surface area contributed by atoms with E-state index < -0.39 is 6.10 Å². The molecule has 0 radical (unpaired) electrons. The highest BCUT2D eigenvalue weighted by Gasteiger charge is 2.17. The summed E-state index contributed by atoms with van der Waals surface area (Å²) in [6.07, 6.45) is 0.205. The minimum absolute atomic E-state index is 0.0407. The molecule has 25 heavy (non-hydrogen) atoms. The Morgan fingerprint density at radius 2 is 1.88 bits per heavy atom. The van der Waals surface area contributed by atoms with E-state index >= 15 is 0 Å². The Labute approximate surface area is 155 Å². The van der Waals surface area contributed by atoms with Gasteiger partial charge in [0.05, 0.1) is 0 Å². The van der Waals surface area contributed by atoms with E-state index in [-0.39, 0.29) is 5.91 Å². The standard InChI is InChI=1S/C21H27NO2S/c1-4-20(24-19-11-10-16(2)17(3)14-19)21(23)22-12-13-25-15-18-8-6-5-7-9-18/h5-11,14,20H,4,12-13,15H2,1-3H3,(H,22,23)/t20-/m1/s1. The van der Waals surface area contributed by atoms with E-state index in [2.05, 4.69) is 24.4 Å². The van der Waals surface area contributed by atoms with Gasteiger partial charge < -0.3 is 10.1 Å². The van der Waals surface area contributed by atoms with Crippen molar-refractivity contribution in [3.63, 3.8) is 0 Å². The third-order valence-corrected chi connectivity index (χ3v) is 5.11. The number of hydrogen-bond acceptors (Lipinski definition) is 3. The molecule has 3 nitrogen and oxygen atoms in total. The van der Waals surface area contributed by atoms with Crippen molar-refractivity contribution >= 4 is 17.7 Å². The van der Waals surface area contributed by atoms with Crippen LogP contribution in [0.25, 0.3) is 0 Å². The fraction of sp³-hybridized carbons (Fsp3) is 0.381. The molecule has 2 aromatic rings. The summed E-state index contributed by atoms with van der Waals surface area (Å²) in [4.78, 5) is 12.3. The number of aryl methyl sites for hydroxylation is 2. The predicted molar refractivity (Wildman–Crippen MR) is 106 cm³/mol. The molecule has 134 valence electrons. The van der Waals surface area contributed by atoms with Crippen LogP contribution < -0.4 is 10.1 Å². The highest BCUT2D eigenvalue weighted by molar-refractivity contribution is 7.98. The Balaban J connectivity index is 1.73. The van der Waals surface area contributed by atoms with Gasteiger partial charge in [-0.1, -0.05) is 43.3 Å². The van der Waals surface area contributed by atoms with Crippen LogP contribution >= 0.6 is 11.8 Å². The number of hydrogen-bond donors (Lipinski definition) is 1. The van der Waals surface area contributed by atoms with E-state index in [4.69, 9.17) is 4.74 Å². The van der Waals surface area contributed by atoms with Crippen molar-refractivity contribution in [2.75, 3.05) is 12.3 Å². The number of thioether (sulfide) groups is 1. The third-order valence-electron chi connectivity index (χ3n) is 4.08.